The molecule has 2 aromatic rings. The number of ketones is 1. The van der Waals surface area contributed by atoms with Gasteiger partial charge in [-0.2, -0.15) is 9.78 Å². The molecular weight excluding hydrogens is 438 g/mol. The van der Waals surface area contributed by atoms with Gasteiger partial charge in [0, 0.05) is 62.1 Å². The molecule has 4 heterocycles. The van der Waals surface area contributed by atoms with Gasteiger partial charge in [0.15, 0.2) is 5.78 Å². The van der Waals surface area contributed by atoms with Crippen LogP contribution in [0.2, 0.25) is 5.02 Å². The average Bonchev–Trinajstić information content (AvgIpc) is 3.56. The zero-order valence-electron chi connectivity index (χ0n) is 19.3. The molecule has 33 heavy (non-hydrogen) atoms. The van der Waals surface area contributed by atoms with E-state index in [-0.39, 0.29) is 17.4 Å². The normalized spacial score (nSPS) is 20.7. The smallest absolute Gasteiger partial charge is 0.344 e. The molecule has 1 aromatic heterocycles. The number of amides is 1. The van der Waals surface area contributed by atoms with Gasteiger partial charge < -0.3 is 9.80 Å². The number of hydrogen-bond acceptors (Lipinski definition) is 5. The second-order valence-electron chi connectivity index (χ2n) is 9.73. The van der Waals surface area contributed by atoms with Crippen molar-refractivity contribution in [2.24, 2.45) is 0 Å². The summed E-state index contributed by atoms with van der Waals surface area (Å²) in [6.45, 7) is 7.09. The number of anilines is 1. The van der Waals surface area contributed by atoms with E-state index in [1.54, 1.807) is 12.3 Å². The number of carbonyl (C=O) groups excluding carboxylic acids is 2. The van der Waals surface area contributed by atoms with E-state index in [0.717, 1.165) is 44.0 Å². The highest BCUT2D eigenvalue weighted by Crippen LogP contribution is 2.40. The summed E-state index contributed by atoms with van der Waals surface area (Å²) in [5.74, 6) is -0.130. The van der Waals surface area contributed by atoms with Gasteiger partial charge in [-0.15, -0.1) is 0 Å². The molecule has 8 heteroatoms. The van der Waals surface area contributed by atoms with Crippen LogP contribution in [0.3, 0.4) is 0 Å². The highest BCUT2D eigenvalue weighted by atomic mass is 35.5. The molecule has 3 fully saturated rings. The van der Waals surface area contributed by atoms with Gasteiger partial charge in [-0.3, -0.25) is 9.69 Å². The number of nitrogens with zero attached hydrogens (tertiary/aromatic N) is 5. The van der Waals surface area contributed by atoms with Crippen LogP contribution in [0, 0.1) is 0 Å². The average molecular weight is 470 g/mol. The first-order chi connectivity index (χ1) is 15.9. The largest absolute Gasteiger partial charge is 0.371 e. The van der Waals surface area contributed by atoms with Crippen LogP contribution in [0.15, 0.2) is 30.5 Å². The van der Waals surface area contributed by atoms with Crippen LogP contribution in [0.1, 0.15) is 61.5 Å². The third-order valence-electron chi connectivity index (χ3n) is 7.64. The minimum atomic E-state index is -0.146. The first-order valence-electron chi connectivity index (χ1n) is 12.1. The lowest BCUT2D eigenvalue weighted by Crippen LogP contribution is -2.53. The molecule has 0 atom stereocenters. The van der Waals surface area contributed by atoms with Crippen molar-refractivity contribution in [1.82, 2.24) is 19.6 Å². The Morgan fingerprint density at radius 3 is 2.45 bits per heavy atom. The molecule has 0 radical (unpaired) electrons. The quantitative estimate of drug-likeness (QED) is 0.619. The SMILES string of the molecule is CC(=O)c1ccn(C(=O)N2CCC3(CCCN3Cc3cc(Cl)cc(N4CCCC4)c3)CC2)n1. The molecule has 3 aliphatic rings. The van der Waals surface area contributed by atoms with Crippen molar-refractivity contribution < 1.29 is 9.59 Å². The number of benzene rings is 1. The second kappa shape index (κ2) is 9.11. The van der Waals surface area contributed by atoms with Crippen LogP contribution >= 0.6 is 11.6 Å². The molecule has 0 N–H and O–H groups in total. The summed E-state index contributed by atoms with van der Waals surface area (Å²) >= 11 is 6.51. The Morgan fingerprint density at radius 2 is 1.76 bits per heavy atom. The first kappa shape index (κ1) is 22.4. The van der Waals surface area contributed by atoms with Gasteiger partial charge in [0.25, 0.3) is 0 Å². The maximum Gasteiger partial charge on any atom is 0.344 e. The Labute approximate surface area is 200 Å². The van der Waals surface area contributed by atoms with Crippen LogP contribution in [-0.2, 0) is 6.54 Å². The van der Waals surface area contributed by atoms with Crippen LogP contribution < -0.4 is 4.90 Å². The predicted octanol–water partition coefficient (Wildman–Crippen LogP) is 4.44. The van der Waals surface area contributed by atoms with E-state index in [1.165, 1.54) is 48.5 Å². The lowest BCUT2D eigenvalue weighted by Gasteiger charge is -2.45. The van der Waals surface area contributed by atoms with E-state index in [1.807, 2.05) is 4.90 Å². The van der Waals surface area contributed by atoms with Crippen molar-refractivity contribution >= 4 is 29.1 Å². The van der Waals surface area contributed by atoms with Crippen LogP contribution in [-0.4, -0.2) is 69.7 Å². The van der Waals surface area contributed by atoms with Crippen molar-refractivity contribution in [1.29, 1.82) is 0 Å². The fraction of sp³-hybridized carbons (Fsp3) is 0.560. The predicted molar refractivity (Wildman–Crippen MR) is 129 cm³/mol. The van der Waals surface area contributed by atoms with Crippen molar-refractivity contribution in [2.75, 3.05) is 37.6 Å². The van der Waals surface area contributed by atoms with Crippen molar-refractivity contribution in [3.63, 3.8) is 0 Å². The molecule has 176 valence electrons. The molecule has 0 bridgehead atoms. The third-order valence-corrected chi connectivity index (χ3v) is 7.86. The lowest BCUT2D eigenvalue weighted by molar-refractivity contribution is 0.0585. The summed E-state index contributed by atoms with van der Waals surface area (Å²) in [5.41, 5.74) is 2.99. The maximum absolute atomic E-state index is 12.9. The molecule has 7 nitrogen and oxygen atoms in total. The standard InChI is InChI=1S/C25H32ClN5O2/c1-19(32)23-5-12-31(27-23)24(33)29-13-7-25(8-14-29)6-4-11-30(25)18-20-15-21(26)17-22(16-20)28-9-2-3-10-28/h5,12,15-17H,2-4,6-11,13-14,18H2,1H3. The lowest BCUT2D eigenvalue weighted by atomic mass is 9.85. The number of Topliss-reactive ketones (excluding diaryl/α,β-unsaturated/α-hetero) is 1. The van der Waals surface area contributed by atoms with Gasteiger partial charge in [0.05, 0.1) is 0 Å². The minimum Gasteiger partial charge on any atom is -0.371 e. The summed E-state index contributed by atoms with van der Waals surface area (Å²) in [6.07, 6.45) is 8.36. The van der Waals surface area contributed by atoms with Gasteiger partial charge in [-0.05, 0) is 74.9 Å². The zero-order valence-corrected chi connectivity index (χ0v) is 20.1. The number of carbonyl (C=O) groups is 2. The summed E-state index contributed by atoms with van der Waals surface area (Å²) in [5, 5.41) is 4.96. The van der Waals surface area contributed by atoms with E-state index in [9.17, 15) is 9.59 Å². The molecule has 0 unspecified atom stereocenters. The summed E-state index contributed by atoms with van der Waals surface area (Å²) in [7, 11) is 0. The summed E-state index contributed by atoms with van der Waals surface area (Å²) in [6, 6.07) is 7.97. The number of likely N-dealkylation sites (tertiary alicyclic amines) is 2. The number of halogens is 1. The van der Waals surface area contributed by atoms with Crippen LogP contribution in [0.4, 0.5) is 10.5 Å². The summed E-state index contributed by atoms with van der Waals surface area (Å²) in [4.78, 5) is 31.3. The highest BCUT2D eigenvalue weighted by molar-refractivity contribution is 6.30. The molecule has 5 rings (SSSR count). The van der Waals surface area contributed by atoms with Gasteiger partial charge >= 0.3 is 6.03 Å². The first-order valence-corrected chi connectivity index (χ1v) is 12.5. The van der Waals surface area contributed by atoms with Gasteiger partial charge in [0.2, 0.25) is 0 Å². The molecule has 1 aromatic carbocycles. The Kier molecular flexibility index (Phi) is 6.18. The fourth-order valence-corrected chi connectivity index (χ4v) is 6.04. The highest BCUT2D eigenvalue weighted by Gasteiger charge is 2.43. The van der Waals surface area contributed by atoms with E-state index in [0.29, 0.717) is 18.8 Å². The summed E-state index contributed by atoms with van der Waals surface area (Å²) < 4.78 is 1.30. The molecule has 1 amide bonds. The van der Waals surface area contributed by atoms with E-state index < -0.39 is 0 Å². The topological polar surface area (TPSA) is 61.7 Å². The Morgan fingerprint density at radius 1 is 1.00 bits per heavy atom. The van der Waals surface area contributed by atoms with E-state index in [2.05, 4.69) is 33.1 Å². The Hall–Kier alpha value is -2.38. The third kappa shape index (κ3) is 4.53. The van der Waals surface area contributed by atoms with Crippen LogP contribution in [0.5, 0.6) is 0 Å². The van der Waals surface area contributed by atoms with Crippen molar-refractivity contribution in [3.05, 3.63) is 46.7 Å². The molecule has 0 saturated carbocycles. The molecule has 3 aliphatic heterocycles. The van der Waals surface area contributed by atoms with E-state index in [4.69, 9.17) is 11.6 Å². The van der Waals surface area contributed by atoms with E-state index >= 15 is 0 Å². The second-order valence-corrected chi connectivity index (χ2v) is 10.2. The van der Waals surface area contributed by atoms with Crippen LogP contribution in [0.25, 0.3) is 0 Å². The molecule has 1 spiro atoms. The Bertz CT molecular complexity index is 1040. The minimum absolute atomic E-state index is 0.130. The fourth-order valence-electron chi connectivity index (χ4n) is 5.79. The van der Waals surface area contributed by atoms with Crippen molar-refractivity contribution in [3.8, 4) is 0 Å². The van der Waals surface area contributed by atoms with Gasteiger partial charge in [-0.25, -0.2) is 4.79 Å². The number of hydrogen-bond donors (Lipinski definition) is 0. The zero-order chi connectivity index (χ0) is 23.0. The molecule has 0 aliphatic carbocycles. The molecule has 3 saturated heterocycles. The molecular formula is C25H32ClN5O2. The number of aromatic nitrogens is 2. The monoisotopic (exact) mass is 469 g/mol. The maximum atomic E-state index is 12.9. The van der Waals surface area contributed by atoms with Gasteiger partial charge in [0.1, 0.15) is 5.69 Å². The van der Waals surface area contributed by atoms with Crippen molar-refractivity contribution in [2.45, 2.75) is 57.5 Å². The number of piperidine rings is 1. The Balaban J connectivity index is 1.25. The van der Waals surface area contributed by atoms with Gasteiger partial charge in [-0.1, -0.05) is 11.6 Å². The number of rotatable bonds is 4.